The van der Waals surface area contributed by atoms with Gasteiger partial charge in [-0.15, -0.1) is 0 Å². The van der Waals surface area contributed by atoms with Crippen molar-refractivity contribution in [2.75, 3.05) is 50.3 Å². The van der Waals surface area contributed by atoms with E-state index < -0.39 is 0 Å². The molecule has 0 saturated carbocycles. The van der Waals surface area contributed by atoms with Crippen LogP contribution < -0.4 is 15.5 Å². The van der Waals surface area contributed by atoms with Gasteiger partial charge in [-0.25, -0.2) is 0 Å². The van der Waals surface area contributed by atoms with Gasteiger partial charge in [0.2, 0.25) is 11.9 Å². The van der Waals surface area contributed by atoms with Gasteiger partial charge in [-0.05, 0) is 0 Å². The molecule has 16 heavy (non-hydrogen) atoms. The number of aromatic nitrogens is 3. The summed E-state index contributed by atoms with van der Waals surface area (Å²) in [5.74, 6) is 2.14. The van der Waals surface area contributed by atoms with E-state index in [-0.39, 0.29) is 0 Å². The smallest absolute Gasteiger partial charge is 0.230 e. The summed E-state index contributed by atoms with van der Waals surface area (Å²) in [6.07, 6.45) is 0. The van der Waals surface area contributed by atoms with Crippen LogP contribution in [0.4, 0.5) is 11.9 Å². The van der Waals surface area contributed by atoms with Crippen molar-refractivity contribution < 1.29 is 0 Å². The van der Waals surface area contributed by atoms with E-state index in [9.17, 15) is 0 Å². The van der Waals surface area contributed by atoms with Gasteiger partial charge < -0.3 is 15.5 Å². The van der Waals surface area contributed by atoms with Gasteiger partial charge in [0.1, 0.15) is 0 Å². The Hall–Kier alpha value is -1.08. The lowest BCUT2D eigenvalue weighted by Gasteiger charge is -2.15. The lowest BCUT2D eigenvalue weighted by molar-refractivity contribution is 0.839. The molecule has 1 heterocycles. The maximum Gasteiger partial charge on any atom is 0.230 e. The number of nitrogens with zero attached hydrogens (tertiary/aromatic N) is 5. The van der Waals surface area contributed by atoms with Crippen LogP contribution in [0, 0.1) is 0 Å². The highest BCUT2D eigenvalue weighted by molar-refractivity contribution is 7.99. The Labute approximate surface area is 100 Å². The maximum atomic E-state index is 5.46. The first-order valence-corrected chi connectivity index (χ1v) is 5.96. The molecule has 0 amide bonds. The van der Waals surface area contributed by atoms with Crippen LogP contribution in [0.15, 0.2) is 5.16 Å². The molecule has 0 aliphatic rings. The van der Waals surface area contributed by atoms with Gasteiger partial charge in [-0.2, -0.15) is 15.0 Å². The fourth-order valence-corrected chi connectivity index (χ4v) is 1.54. The Kier molecular flexibility index (Phi) is 4.75. The summed E-state index contributed by atoms with van der Waals surface area (Å²) in [4.78, 5) is 16.7. The Morgan fingerprint density at radius 3 is 1.88 bits per heavy atom. The highest BCUT2D eigenvalue weighted by Gasteiger charge is 2.09. The molecule has 0 aliphatic heterocycles. The Balaban J connectivity index is 2.99. The van der Waals surface area contributed by atoms with Crippen LogP contribution in [0.5, 0.6) is 0 Å². The molecule has 0 saturated heterocycles. The molecule has 1 aromatic rings. The average molecular weight is 242 g/mol. The topological polar surface area (TPSA) is 71.2 Å². The minimum absolute atomic E-state index is 0.616. The molecule has 0 bridgehead atoms. The van der Waals surface area contributed by atoms with Crippen molar-refractivity contribution in [3.63, 3.8) is 0 Å². The largest absolute Gasteiger partial charge is 0.347 e. The molecule has 0 unspecified atom stereocenters. The highest BCUT2D eigenvalue weighted by Crippen LogP contribution is 2.17. The molecule has 1 rings (SSSR count). The first-order chi connectivity index (χ1) is 7.54. The zero-order chi connectivity index (χ0) is 12.1. The van der Waals surface area contributed by atoms with Crippen LogP contribution in [0.3, 0.4) is 0 Å². The molecule has 90 valence electrons. The van der Waals surface area contributed by atoms with Gasteiger partial charge in [0, 0.05) is 40.5 Å². The fraction of sp³-hybridized carbons (Fsp3) is 0.667. The molecule has 0 spiro atoms. The maximum absolute atomic E-state index is 5.46. The number of thioether (sulfide) groups is 1. The van der Waals surface area contributed by atoms with Crippen LogP contribution in [0.1, 0.15) is 0 Å². The molecule has 0 aromatic carbocycles. The van der Waals surface area contributed by atoms with Gasteiger partial charge in [0.05, 0.1) is 0 Å². The Bertz CT molecular complexity index is 315. The first-order valence-electron chi connectivity index (χ1n) is 4.98. The molecule has 0 radical (unpaired) electrons. The van der Waals surface area contributed by atoms with E-state index in [2.05, 4.69) is 15.0 Å². The third kappa shape index (κ3) is 3.49. The third-order valence-corrected chi connectivity index (χ3v) is 2.62. The zero-order valence-corrected chi connectivity index (χ0v) is 11.0. The number of rotatable bonds is 5. The van der Waals surface area contributed by atoms with Crippen molar-refractivity contribution in [3.05, 3.63) is 0 Å². The highest BCUT2D eigenvalue weighted by atomic mass is 32.2. The fourth-order valence-electron chi connectivity index (χ4n) is 0.950. The van der Waals surface area contributed by atoms with Crippen LogP contribution in [-0.2, 0) is 0 Å². The molecule has 0 aliphatic carbocycles. The summed E-state index contributed by atoms with van der Waals surface area (Å²) in [5.41, 5.74) is 5.46. The van der Waals surface area contributed by atoms with Crippen molar-refractivity contribution >= 4 is 23.7 Å². The number of hydrogen-bond donors (Lipinski definition) is 1. The van der Waals surface area contributed by atoms with Crippen molar-refractivity contribution in [3.8, 4) is 0 Å². The van der Waals surface area contributed by atoms with Crippen LogP contribution >= 0.6 is 11.8 Å². The molecule has 7 heteroatoms. The second-order valence-electron chi connectivity index (χ2n) is 3.64. The van der Waals surface area contributed by atoms with Crippen molar-refractivity contribution in [1.29, 1.82) is 0 Å². The number of anilines is 2. The molecule has 0 fully saturated rings. The number of hydrogen-bond acceptors (Lipinski definition) is 7. The van der Waals surface area contributed by atoms with E-state index >= 15 is 0 Å². The SMILES string of the molecule is CN(C)c1nc(SCCN)nc(N(C)C)n1. The molecule has 1 aromatic heterocycles. The second-order valence-corrected chi connectivity index (χ2v) is 4.71. The zero-order valence-electron chi connectivity index (χ0n) is 10.1. The summed E-state index contributed by atoms with van der Waals surface area (Å²) >= 11 is 1.54. The minimum atomic E-state index is 0.616. The first kappa shape index (κ1) is 13.0. The molecule has 6 nitrogen and oxygen atoms in total. The van der Waals surface area contributed by atoms with Crippen molar-refractivity contribution in [2.45, 2.75) is 5.16 Å². The monoisotopic (exact) mass is 242 g/mol. The van der Waals surface area contributed by atoms with E-state index in [4.69, 9.17) is 5.73 Å². The minimum Gasteiger partial charge on any atom is -0.347 e. The molecular weight excluding hydrogens is 224 g/mol. The predicted octanol–water partition coefficient (Wildman–Crippen LogP) is 0.0544. The quantitative estimate of drug-likeness (QED) is 0.732. The molecular formula is C9H18N6S. The van der Waals surface area contributed by atoms with Crippen LogP contribution in [0.2, 0.25) is 0 Å². The lowest BCUT2D eigenvalue weighted by Crippen LogP contribution is -2.19. The Morgan fingerprint density at radius 1 is 1.00 bits per heavy atom. The van der Waals surface area contributed by atoms with E-state index in [1.807, 2.05) is 38.0 Å². The summed E-state index contributed by atoms with van der Waals surface area (Å²) < 4.78 is 0. The number of nitrogens with two attached hydrogens (primary N) is 1. The van der Waals surface area contributed by atoms with Gasteiger partial charge in [0.25, 0.3) is 0 Å². The van der Waals surface area contributed by atoms with E-state index in [1.165, 1.54) is 0 Å². The van der Waals surface area contributed by atoms with E-state index in [1.54, 1.807) is 11.8 Å². The van der Waals surface area contributed by atoms with Gasteiger partial charge >= 0.3 is 0 Å². The predicted molar refractivity (Wildman–Crippen MR) is 68.3 cm³/mol. The Morgan fingerprint density at radius 2 is 1.50 bits per heavy atom. The normalized spacial score (nSPS) is 10.3. The van der Waals surface area contributed by atoms with E-state index in [0.29, 0.717) is 23.6 Å². The summed E-state index contributed by atoms with van der Waals surface area (Å²) in [6.45, 7) is 0.616. The summed E-state index contributed by atoms with van der Waals surface area (Å²) in [6, 6.07) is 0. The van der Waals surface area contributed by atoms with Gasteiger partial charge in [-0.1, -0.05) is 11.8 Å². The third-order valence-electron chi connectivity index (χ3n) is 1.74. The van der Waals surface area contributed by atoms with E-state index in [0.717, 1.165) is 5.75 Å². The van der Waals surface area contributed by atoms with Crippen LogP contribution in [0.25, 0.3) is 0 Å². The standard InChI is InChI=1S/C9H18N6S/c1-14(2)7-11-8(15(3)4)13-9(12-7)16-6-5-10/h5-6,10H2,1-4H3. The van der Waals surface area contributed by atoms with Gasteiger partial charge in [-0.3, -0.25) is 0 Å². The van der Waals surface area contributed by atoms with Crippen molar-refractivity contribution in [1.82, 2.24) is 15.0 Å². The van der Waals surface area contributed by atoms with Crippen molar-refractivity contribution in [2.24, 2.45) is 5.73 Å². The molecule has 2 N–H and O–H groups in total. The lowest BCUT2D eigenvalue weighted by atomic mass is 10.7. The summed E-state index contributed by atoms with van der Waals surface area (Å²) in [5, 5.41) is 0.716. The second kappa shape index (κ2) is 5.86. The summed E-state index contributed by atoms with van der Waals surface area (Å²) in [7, 11) is 7.64. The van der Waals surface area contributed by atoms with Gasteiger partial charge in [0.15, 0.2) is 5.16 Å². The molecule has 0 atom stereocenters. The van der Waals surface area contributed by atoms with Crippen LogP contribution in [-0.4, -0.2) is 55.4 Å². The average Bonchev–Trinajstić information content (AvgIpc) is 2.25.